The van der Waals surface area contributed by atoms with E-state index in [1.54, 1.807) is 25.3 Å². The minimum absolute atomic E-state index is 0.117. The van der Waals surface area contributed by atoms with Gasteiger partial charge in [-0.15, -0.1) is 4.36 Å². The molecule has 6 atom stereocenters. The minimum atomic E-state index is -3.79. The number of rotatable bonds is 4. The third-order valence-electron chi connectivity index (χ3n) is 11.3. The van der Waals surface area contributed by atoms with Gasteiger partial charge in [-0.05, 0) is 92.5 Å². The van der Waals surface area contributed by atoms with Gasteiger partial charge in [0.25, 0.3) is 18.2 Å². The fourth-order valence-corrected chi connectivity index (χ4v) is 10.5. The minimum Gasteiger partial charge on any atom is -0.490 e. The first-order valence-corrected chi connectivity index (χ1v) is 19.8. The lowest BCUT2D eigenvalue weighted by Gasteiger charge is -2.46. The summed E-state index contributed by atoms with van der Waals surface area (Å²) in [5.74, 6) is -0.972. The largest absolute Gasteiger partial charge is 0.490 e. The van der Waals surface area contributed by atoms with E-state index in [4.69, 9.17) is 9.47 Å². The van der Waals surface area contributed by atoms with Crippen molar-refractivity contribution in [3.05, 3.63) is 88.3 Å². The molecule has 2 aliphatic carbocycles. The van der Waals surface area contributed by atoms with Crippen molar-refractivity contribution in [1.82, 2.24) is 14.5 Å². The summed E-state index contributed by atoms with van der Waals surface area (Å²) >= 11 is 0. The van der Waals surface area contributed by atoms with E-state index in [9.17, 15) is 22.6 Å². The molecule has 0 saturated heterocycles. The Morgan fingerprint density at radius 3 is 2.77 bits per heavy atom. The van der Waals surface area contributed by atoms with Gasteiger partial charge in [0.15, 0.2) is 0 Å². The number of anilines is 1. The van der Waals surface area contributed by atoms with Gasteiger partial charge in [-0.3, -0.25) is 19.0 Å². The second-order valence-corrected chi connectivity index (χ2v) is 17.2. The van der Waals surface area contributed by atoms with E-state index in [1.165, 1.54) is 23.7 Å². The summed E-state index contributed by atoms with van der Waals surface area (Å²) in [6, 6.07) is 11.9. The Labute approximate surface area is 304 Å². The summed E-state index contributed by atoms with van der Waals surface area (Å²) in [5.41, 5.74) is 3.44. The van der Waals surface area contributed by atoms with Crippen molar-refractivity contribution in [1.29, 1.82) is 0 Å². The highest BCUT2D eigenvalue weighted by atomic mass is 32.2. The highest BCUT2D eigenvalue weighted by Crippen LogP contribution is 2.47. The number of carbonyl (C=O) groups is 2. The van der Waals surface area contributed by atoms with Gasteiger partial charge in [-0.2, -0.15) is 5.10 Å². The van der Waals surface area contributed by atoms with E-state index >= 15 is 0 Å². The third-order valence-corrected chi connectivity index (χ3v) is 13.3. The van der Waals surface area contributed by atoms with Crippen LogP contribution in [-0.2, 0) is 33.5 Å². The number of aromatic nitrogens is 2. The number of fused-ring (bicyclic) bond motifs is 4. The molecule has 1 fully saturated rings. The van der Waals surface area contributed by atoms with E-state index in [1.807, 2.05) is 13.0 Å². The molecule has 3 heterocycles. The smallest absolute Gasteiger partial charge is 0.286 e. The predicted octanol–water partition coefficient (Wildman–Crippen LogP) is 6.73. The van der Waals surface area contributed by atoms with E-state index in [0.717, 1.165) is 55.2 Å². The molecule has 2 amide bonds. The highest BCUT2D eigenvalue weighted by molar-refractivity contribution is 7.92. The number of carbonyl (C=O) groups excluding carboxylic acids is 2. The molecule has 52 heavy (non-hydrogen) atoms. The molecule has 1 aromatic heterocycles. The molecule has 13 heteroatoms. The van der Waals surface area contributed by atoms with Gasteiger partial charge in [0, 0.05) is 44.4 Å². The number of alkyl halides is 2. The zero-order valence-electron chi connectivity index (χ0n) is 30.1. The van der Waals surface area contributed by atoms with E-state index in [0.29, 0.717) is 37.2 Å². The number of nitrogens with one attached hydrogen (secondary N) is 1. The highest BCUT2D eigenvalue weighted by Gasteiger charge is 2.44. The van der Waals surface area contributed by atoms with Gasteiger partial charge in [0.2, 0.25) is 0 Å². The van der Waals surface area contributed by atoms with Crippen LogP contribution in [-0.4, -0.2) is 64.5 Å². The molecular formula is C39H47F2N5O5S. The van der Waals surface area contributed by atoms with Crippen LogP contribution < -0.4 is 14.4 Å². The van der Waals surface area contributed by atoms with Crippen LogP contribution in [0.5, 0.6) is 5.75 Å². The lowest BCUT2D eigenvalue weighted by molar-refractivity contribution is 0.0131. The number of ether oxygens (including phenoxy) is 2. The second-order valence-electron chi connectivity index (χ2n) is 15.2. The van der Waals surface area contributed by atoms with Crippen LogP contribution in [0.1, 0.15) is 88.6 Å². The average molecular weight is 736 g/mol. The van der Waals surface area contributed by atoms with Gasteiger partial charge >= 0.3 is 0 Å². The maximum absolute atomic E-state index is 14.5. The number of amides is 2. The Bertz CT molecular complexity index is 2020. The van der Waals surface area contributed by atoms with Gasteiger partial charge in [-0.1, -0.05) is 42.8 Å². The van der Waals surface area contributed by atoms with Crippen molar-refractivity contribution in [3.8, 4) is 5.75 Å². The van der Waals surface area contributed by atoms with E-state index < -0.39 is 39.4 Å². The summed E-state index contributed by atoms with van der Waals surface area (Å²) in [5, 5.41) is 3.71. The van der Waals surface area contributed by atoms with Crippen LogP contribution in [0.15, 0.2) is 59.1 Å². The SMILES string of the molecule is CO[C@H]1/C=C/C[C@H](C)CS(=O)(NC(=O)c2cn(C)nc2C(F)F)=NC(=O)c2ccc3c(c2)N(C[C@@H]2CC[C@H]21)C[C@@]1(CCCc2cc(C)ccc21)CO3. The molecule has 1 N–H and O–H groups in total. The van der Waals surface area contributed by atoms with Crippen LogP contribution in [0, 0.1) is 24.7 Å². The number of hydrogen-bond donors (Lipinski definition) is 1. The number of hydrogen-bond acceptors (Lipinski definition) is 7. The van der Waals surface area contributed by atoms with E-state index in [2.05, 4.69) is 50.3 Å². The Morgan fingerprint density at radius 2 is 2.02 bits per heavy atom. The molecule has 3 aromatic rings. The number of nitrogens with zero attached hydrogens (tertiary/aromatic N) is 4. The number of halogens is 2. The molecule has 4 aliphatic rings. The zero-order chi connectivity index (χ0) is 36.8. The van der Waals surface area contributed by atoms with Crippen molar-refractivity contribution in [2.75, 3.05) is 37.5 Å². The molecule has 10 nitrogen and oxygen atoms in total. The zero-order valence-corrected chi connectivity index (χ0v) is 31.0. The standard InChI is InChI=1S/C39H47F2N5O5S/c1-24-10-14-31-26(17-24)8-6-16-39(31)22-46-19-28-11-13-29(28)33(50-4)9-5-7-25(2)21-52(49,44-38(48)30-20-45(3)42-35(30)36(40)41)43-37(47)27-12-15-34(51-23-39)32(46)18-27/h5,9-10,12,14-15,17-18,20,25,28-29,33,36H,6-8,11,13,16,19,21-23H2,1-4H3,(H,43,44,47,48,49)/b9-5+/t25-,28-,29+,33-,39-,52?/m0/s1. The van der Waals surface area contributed by atoms with Crippen molar-refractivity contribution in [2.24, 2.45) is 29.2 Å². The van der Waals surface area contributed by atoms with Crippen LogP contribution in [0.25, 0.3) is 0 Å². The van der Waals surface area contributed by atoms with Crippen molar-refractivity contribution in [2.45, 2.75) is 70.3 Å². The first-order chi connectivity index (χ1) is 24.9. The molecule has 7 rings (SSSR count). The first-order valence-electron chi connectivity index (χ1n) is 18.1. The topological polar surface area (TPSA) is 115 Å². The number of methoxy groups -OCH3 is 1. The molecule has 2 aliphatic heterocycles. The fourth-order valence-electron chi connectivity index (χ4n) is 8.57. The Morgan fingerprint density at radius 1 is 1.19 bits per heavy atom. The fraction of sp³-hybridized carbons (Fsp3) is 0.513. The summed E-state index contributed by atoms with van der Waals surface area (Å²) in [4.78, 5) is 29.7. The molecule has 1 unspecified atom stereocenters. The summed E-state index contributed by atoms with van der Waals surface area (Å²) in [6.07, 6.45) is 7.66. The Balaban J connectivity index is 1.30. The quantitative estimate of drug-likeness (QED) is 0.296. The van der Waals surface area contributed by atoms with Crippen molar-refractivity contribution in [3.63, 3.8) is 0 Å². The number of allylic oxidation sites excluding steroid dienone is 1. The molecule has 1 saturated carbocycles. The third kappa shape index (κ3) is 7.13. The van der Waals surface area contributed by atoms with Crippen LogP contribution in [0.4, 0.5) is 14.5 Å². The molecule has 1 spiro atoms. The van der Waals surface area contributed by atoms with Crippen LogP contribution in [0.2, 0.25) is 0 Å². The predicted molar refractivity (Wildman–Crippen MR) is 195 cm³/mol. The van der Waals surface area contributed by atoms with Gasteiger partial charge in [-0.25, -0.2) is 13.0 Å². The monoisotopic (exact) mass is 735 g/mol. The molecule has 278 valence electrons. The summed E-state index contributed by atoms with van der Waals surface area (Å²) in [7, 11) is -0.651. The number of benzene rings is 2. The van der Waals surface area contributed by atoms with Crippen LogP contribution in [0.3, 0.4) is 0 Å². The number of aryl methyl sites for hydroxylation is 3. The van der Waals surface area contributed by atoms with E-state index in [-0.39, 0.29) is 28.8 Å². The van der Waals surface area contributed by atoms with Crippen molar-refractivity contribution >= 4 is 27.4 Å². The summed E-state index contributed by atoms with van der Waals surface area (Å²) < 4.78 is 62.3. The molecule has 2 bridgehead atoms. The second kappa shape index (κ2) is 14.4. The maximum Gasteiger partial charge on any atom is 0.286 e. The van der Waals surface area contributed by atoms with Crippen LogP contribution >= 0.6 is 0 Å². The lowest BCUT2D eigenvalue weighted by Crippen LogP contribution is -2.49. The summed E-state index contributed by atoms with van der Waals surface area (Å²) in [6.45, 7) is 5.91. The Kier molecular flexibility index (Phi) is 10.0. The lowest BCUT2D eigenvalue weighted by atomic mass is 9.68. The average Bonchev–Trinajstić information content (AvgIpc) is 3.42. The van der Waals surface area contributed by atoms with Gasteiger partial charge in [0.05, 0.1) is 29.7 Å². The maximum atomic E-state index is 14.5. The Hall–Kier alpha value is -4.10. The first kappa shape index (κ1) is 36.3. The van der Waals surface area contributed by atoms with Crippen molar-refractivity contribution < 1.29 is 32.1 Å². The normalized spacial score (nSPS) is 29.6. The molecule has 2 aromatic carbocycles. The van der Waals surface area contributed by atoms with Gasteiger partial charge < -0.3 is 14.4 Å². The molecule has 0 radical (unpaired) electrons. The van der Waals surface area contributed by atoms with Gasteiger partial charge in [0.1, 0.15) is 21.4 Å². The molecular weight excluding hydrogens is 689 g/mol.